The first kappa shape index (κ1) is 37.3. The summed E-state index contributed by atoms with van der Waals surface area (Å²) in [6.45, 7) is 14.5. The topological polar surface area (TPSA) is 150 Å². The van der Waals surface area contributed by atoms with Crippen molar-refractivity contribution in [1.82, 2.24) is 24.0 Å². The van der Waals surface area contributed by atoms with Crippen LogP contribution in [0.3, 0.4) is 0 Å². The largest absolute Gasteiger partial charge is 0.392 e. The van der Waals surface area contributed by atoms with Crippen molar-refractivity contribution in [2.75, 3.05) is 53.2 Å². The number of carbonyl (C=O) groups excluding carboxylic acids is 2. The van der Waals surface area contributed by atoms with Crippen LogP contribution in [-0.2, 0) is 42.6 Å². The van der Waals surface area contributed by atoms with Gasteiger partial charge in [0, 0.05) is 92.7 Å². The van der Waals surface area contributed by atoms with E-state index in [4.69, 9.17) is 9.72 Å². The van der Waals surface area contributed by atoms with Crippen LogP contribution in [0.5, 0.6) is 0 Å². The average Bonchev–Trinajstić information content (AvgIpc) is 3.97. The molecule has 14 nitrogen and oxygen atoms in total. The summed E-state index contributed by atoms with van der Waals surface area (Å²) in [5, 5.41) is 17.0. The molecule has 14 heteroatoms. The van der Waals surface area contributed by atoms with Crippen molar-refractivity contribution < 1.29 is 19.4 Å². The van der Waals surface area contributed by atoms with E-state index < -0.39 is 6.61 Å². The number of carbonyl (C=O) groups is 2. The van der Waals surface area contributed by atoms with Crippen LogP contribution in [0.15, 0.2) is 60.2 Å². The van der Waals surface area contributed by atoms with Crippen LogP contribution in [0, 0.1) is 11.3 Å². The number of pyridine rings is 1. The Kier molecular flexibility index (Phi) is 9.32. The molecule has 6 heterocycles. The van der Waals surface area contributed by atoms with E-state index >= 15 is 0 Å². The number of nitrogens with zero attached hydrogens (tertiary/aromatic N) is 7. The van der Waals surface area contributed by atoms with E-state index in [0.29, 0.717) is 70.9 Å². The number of hydrogen-bond acceptors (Lipinski definition) is 10. The van der Waals surface area contributed by atoms with Gasteiger partial charge in [-0.25, -0.2) is 9.97 Å². The standard InChI is InChI=1S/C43H51N9O5/c1-6-38(54)46-32-17-28(7-8-34(32)50-12-11-49(21-25(50)2)35-18-29-15-27(35)24-57-29)45-39-42(56)48(5)22-33(47-39)30-9-10-44-40(31(30)23-53)52-14-13-51-36(41(52)55)16-26-19-43(3,4)20-37(26)51/h6-10,16-17,22,25,27,29,35,53H,1,11-15,18-21,23-24H2,2-5H3,(H,45,47)(H,46,54)/t25-,27-,29-,35?/m0/s1. The highest BCUT2D eigenvalue weighted by atomic mass is 16.5. The van der Waals surface area contributed by atoms with Crippen molar-refractivity contribution in [3.8, 4) is 11.3 Å². The third kappa shape index (κ3) is 6.62. The molecule has 1 aromatic carbocycles. The van der Waals surface area contributed by atoms with Gasteiger partial charge < -0.3 is 34.5 Å². The Bertz CT molecular complexity index is 2350. The Morgan fingerprint density at radius 3 is 2.68 bits per heavy atom. The molecule has 2 aliphatic carbocycles. The zero-order valence-corrected chi connectivity index (χ0v) is 33.1. The third-order valence-electron chi connectivity index (χ3n) is 12.7. The second kappa shape index (κ2) is 14.3. The van der Waals surface area contributed by atoms with Crippen LogP contribution in [0.2, 0.25) is 0 Å². The lowest BCUT2D eigenvalue weighted by Gasteiger charge is -2.45. The fourth-order valence-electron chi connectivity index (χ4n) is 10.0. The summed E-state index contributed by atoms with van der Waals surface area (Å²) < 4.78 is 9.46. The molecule has 4 atom stereocenters. The summed E-state index contributed by atoms with van der Waals surface area (Å²) in [7, 11) is 1.64. The number of aliphatic hydroxyl groups excluding tert-OH is 1. The van der Waals surface area contributed by atoms with E-state index in [0.717, 1.165) is 57.6 Å². The number of aryl methyl sites for hydroxylation is 1. The molecule has 2 saturated heterocycles. The zero-order valence-electron chi connectivity index (χ0n) is 33.1. The highest BCUT2D eigenvalue weighted by Crippen LogP contribution is 2.42. The van der Waals surface area contributed by atoms with Gasteiger partial charge in [-0.15, -0.1) is 0 Å². The fourth-order valence-corrected chi connectivity index (χ4v) is 10.0. The molecule has 3 aliphatic heterocycles. The lowest BCUT2D eigenvalue weighted by molar-refractivity contribution is -0.111. The number of aromatic nitrogens is 4. The predicted molar refractivity (Wildman–Crippen MR) is 219 cm³/mol. The molecule has 1 unspecified atom stereocenters. The maximum atomic E-state index is 14.0. The molecular weight excluding hydrogens is 723 g/mol. The van der Waals surface area contributed by atoms with Gasteiger partial charge in [0.15, 0.2) is 5.82 Å². The number of benzene rings is 1. The van der Waals surface area contributed by atoms with E-state index in [1.807, 2.05) is 24.3 Å². The molecule has 298 valence electrons. The minimum Gasteiger partial charge on any atom is -0.392 e. The van der Waals surface area contributed by atoms with E-state index in [1.54, 1.807) is 30.4 Å². The summed E-state index contributed by atoms with van der Waals surface area (Å²) in [5.41, 5.74) is 6.38. The van der Waals surface area contributed by atoms with Crippen LogP contribution in [-0.4, -0.2) is 91.9 Å². The molecule has 57 heavy (non-hydrogen) atoms. The molecule has 2 amide bonds. The predicted octanol–water partition coefficient (Wildman–Crippen LogP) is 4.48. The Hall–Kier alpha value is -5.31. The van der Waals surface area contributed by atoms with Crippen molar-refractivity contribution in [3.05, 3.63) is 88.2 Å². The van der Waals surface area contributed by atoms with Crippen LogP contribution >= 0.6 is 0 Å². The Labute approximate surface area is 332 Å². The highest BCUT2D eigenvalue weighted by molar-refractivity contribution is 6.06. The van der Waals surface area contributed by atoms with Crippen LogP contribution in [0.1, 0.15) is 60.9 Å². The van der Waals surface area contributed by atoms with Crippen molar-refractivity contribution in [2.24, 2.45) is 18.4 Å². The van der Waals surface area contributed by atoms with E-state index in [-0.39, 0.29) is 34.6 Å². The van der Waals surface area contributed by atoms with E-state index in [1.165, 1.54) is 21.9 Å². The minimum atomic E-state index is -0.391. The SMILES string of the molecule is C=CC(=O)Nc1cc(Nc2nc(-c3ccnc(N4CCn5c(cc6c5CC(C)(C)C6)C4=O)c3CO)cn(C)c2=O)ccc1N1CCN(C2C[C@@H]3C[C@H]2CO3)C[C@@H]1C. The second-order valence-electron chi connectivity index (χ2n) is 17.2. The van der Waals surface area contributed by atoms with Crippen molar-refractivity contribution in [1.29, 1.82) is 0 Å². The molecule has 0 radical (unpaired) electrons. The van der Waals surface area contributed by atoms with E-state index in [9.17, 15) is 19.5 Å². The molecule has 9 rings (SSSR count). The number of amides is 2. The van der Waals surface area contributed by atoms with Gasteiger partial charge in [-0.05, 0) is 80.0 Å². The third-order valence-corrected chi connectivity index (χ3v) is 12.7. The number of anilines is 5. The number of nitrogens with one attached hydrogen (secondary N) is 2. The summed E-state index contributed by atoms with van der Waals surface area (Å²) in [5.74, 6) is 0.552. The first-order valence-corrected chi connectivity index (χ1v) is 20.1. The molecule has 0 spiro atoms. The molecular formula is C43H51N9O5. The number of aliphatic hydroxyl groups is 1. The van der Waals surface area contributed by atoms with Crippen molar-refractivity contribution in [2.45, 2.75) is 77.8 Å². The first-order valence-electron chi connectivity index (χ1n) is 20.1. The normalized spacial score (nSPS) is 23.8. The number of hydrogen-bond donors (Lipinski definition) is 3. The molecule has 3 aromatic heterocycles. The summed E-state index contributed by atoms with van der Waals surface area (Å²) >= 11 is 0. The second-order valence-corrected chi connectivity index (χ2v) is 17.2. The average molecular weight is 774 g/mol. The number of rotatable bonds is 9. The maximum absolute atomic E-state index is 14.0. The van der Waals surface area contributed by atoms with Crippen molar-refractivity contribution >= 4 is 40.5 Å². The van der Waals surface area contributed by atoms with Crippen LogP contribution in [0.4, 0.5) is 28.7 Å². The molecule has 2 bridgehead atoms. The van der Waals surface area contributed by atoms with Gasteiger partial charge in [0.1, 0.15) is 11.5 Å². The molecule has 1 saturated carbocycles. The maximum Gasteiger partial charge on any atom is 0.293 e. The smallest absolute Gasteiger partial charge is 0.293 e. The number of piperazine rings is 1. The Morgan fingerprint density at radius 1 is 1.11 bits per heavy atom. The number of ether oxygens (including phenoxy) is 1. The zero-order chi connectivity index (χ0) is 39.7. The fraction of sp³-hybridized carbons (Fsp3) is 0.465. The van der Waals surface area contributed by atoms with Gasteiger partial charge in [-0.2, -0.15) is 0 Å². The summed E-state index contributed by atoms with van der Waals surface area (Å²) in [4.78, 5) is 56.2. The lowest BCUT2D eigenvalue weighted by Crippen LogP contribution is -2.56. The summed E-state index contributed by atoms with van der Waals surface area (Å²) in [6.07, 6.45) is 8.99. The van der Waals surface area contributed by atoms with E-state index in [2.05, 4.69) is 57.3 Å². The van der Waals surface area contributed by atoms with Crippen LogP contribution in [0.25, 0.3) is 11.3 Å². The van der Waals surface area contributed by atoms with Gasteiger partial charge in [0.2, 0.25) is 5.91 Å². The van der Waals surface area contributed by atoms with Gasteiger partial charge in [0.25, 0.3) is 11.5 Å². The quantitative estimate of drug-likeness (QED) is 0.208. The van der Waals surface area contributed by atoms with Crippen LogP contribution < -0.4 is 26.0 Å². The summed E-state index contributed by atoms with van der Waals surface area (Å²) in [6, 6.07) is 10.2. The monoisotopic (exact) mass is 773 g/mol. The number of fused-ring (bicyclic) bond motifs is 5. The van der Waals surface area contributed by atoms with Crippen molar-refractivity contribution in [3.63, 3.8) is 0 Å². The Balaban J connectivity index is 0.986. The Morgan fingerprint density at radius 2 is 1.95 bits per heavy atom. The molecule has 3 N–H and O–H groups in total. The lowest BCUT2D eigenvalue weighted by atomic mass is 9.90. The van der Waals surface area contributed by atoms with Gasteiger partial charge in [-0.3, -0.25) is 24.2 Å². The van der Waals surface area contributed by atoms with Gasteiger partial charge in [0.05, 0.1) is 36.4 Å². The van der Waals surface area contributed by atoms with Gasteiger partial charge in [-0.1, -0.05) is 20.4 Å². The molecule has 5 aliphatic rings. The van der Waals surface area contributed by atoms with Gasteiger partial charge >= 0.3 is 0 Å². The molecule has 4 aromatic rings. The first-order chi connectivity index (χ1) is 27.4. The molecule has 3 fully saturated rings. The highest BCUT2D eigenvalue weighted by Gasteiger charge is 2.45. The minimum absolute atomic E-state index is 0.0622.